The van der Waals surface area contributed by atoms with Crippen LogP contribution in [0.1, 0.15) is 11.3 Å². The molecule has 5 heteroatoms. The van der Waals surface area contributed by atoms with Gasteiger partial charge in [-0.05, 0) is 30.2 Å². The summed E-state index contributed by atoms with van der Waals surface area (Å²) < 4.78 is 37.0. The number of aryl methyl sites for hydroxylation is 1. The topological polar surface area (TPSA) is 25.8 Å². The van der Waals surface area contributed by atoms with Crippen molar-refractivity contribution in [3.05, 3.63) is 48.0 Å². The van der Waals surface area contributed by atoms with Gasteiger partial charge in [-0.2, -0.15) is 13.2 Å². The van der Waals surface area contributed by atoms with Crippen molar-refractivity contribution in [1.29, 1.82) is 0 Å². The summed E-state index contributed by atoms with van der Waals surface area (Å²) in [6, 6.07) is 4.15. The fourth-order valence-corrected chi connectivity index (χ4v) is 1.52. The molecule has 2 rings (SSSR count). The van der Waals surface area contributed by atoms with Gasteiger partial charge < -0.3 is 0 Å². The first-order valence-electron chi connectivity index (χ1n) is 4.93. The zero-order valence-corrected chi connectivity index (χ0v) is 8.99. The standard InChI is InChI=1S/C12H9F3N2/c1-8-6-16-5-4-10(8)9-2-3-11(17-7-9)12(13,14)15/h2-7H,1H3. The maximum atomic E-state index is 12.3. The molecular weight excluding hydrogens is 229 g/mol. The summed E-state index contributed by atoms with van der Waals surface area (Å²) in [5, 5.41) is 0. The van der Waals surface area contributed by atoms with Gasteiger partial charge in [-0.3, -0.25) is 9.97 Å². The minimum absolute atomic E-state index is 0.651. The zero-order chi connectivity index (χ0) is 12.5. The Morgan fingerprint density at radius 3 is 2.35 bits per heavy atom. The number of alkyl halides is 3. The maximum Gasteiger partial charge on any atom is 0.433 e. The predicted octanol–water partition coefficient (Wildman–Crippen LogP) is 3.47. The molecule has 0 aromatic carbocycles. The molecule has 88 valence electrons. The van der Waals surface area contributed by atoms with E-state index < -0.39 is 11.9 Å². The van der Waals surface area contributed by atoms with Crippen molar-refractivity contribution in [2.75, 3.05) is 0 Å². The van der Waals surface area contributed by atoms with Crippen LogP contribution < -0.4 is 0 Å². The zero-order valence-electron chi connectivity index (χ0n) is 8.99. The lowest BCUT2D eigenvalue weighted by molar-refractivity contribution is -0.141. The van der Waals surface area contributed by atoms with Gasteiger partial charge in [0.2, 0.25) is 0 Å². The Labute approximate surface area is 96.2 Å². The van der Waals surface area contributed by atoms with Crippen LogP contribution in [0.2, 0.25) is 0 Å². The molecule has 0 bridgehead atoms. The number of hydrogen-bond donors (Lipinski definition) is 0. The second kappa shape index (κ2) is 4.16. The molecule has 2 aromatic rings. The summed E-state index contributed by atoms with van der Waals surface area (Å²) in [4.78, 5) is 7.35. The van der Waals surface area contributed by atoms with Gasteiger partial charge >= 0.3 is 6.18 Å². The highest BCUT2D eigenvalue weighted by molar-refractivity contribution is 5.65. The molecule has 17 heavy (non-hydrogen) atoms. The first-order valence-corrected chi connectivity index (χ1v) is 4.93. The lowest BCUT2D eigenvalue weighted by Gasteiger charge is -2.08. The van der Waals surface area contributed by atoms with Crippen molar-refractivity contribution >= 4 is 0 Å². The fourth-order valence-electron chi connectivity index (χ4n) is 1.52. The number of halogens is 3. The highest BCUT2D eigenvalue weighted by atomic mass is 19.4. The van der Waals surface area contributed by atoms with Crippen molar-refractivity contribution in [3.63, 3.8) is 0 Å². The Hall–Kier alpha value is -1.91. The van der Waals surface area contributed by atoms with Crippen molar-refractivity contribution in [3.8, 4) is 11.1 Å². The van der Waals surface area contributed by atoms with Crippen LogP contribution in [0.15, 0.2) is 36.8 Å². The van der Waals surface area contributed by atoms with E-state index in [9.17, 15) is 13.2 Å². The summed E-state index contributed by atoms with van der Waals surface area (Å²) in [5.74, 6) is 0. The average molecular weight is 238 g/mol. The maximum absolute atomic E-state index is 12.3. The molecule has 0 N–H and O–H groups in total. The van der Waals surface area contributed by atoms with E-state index in [-0.39, 0.29) is 0 Å². The molecule has 0 unspecified atom stereocenters. The van der Waals surface area contributed by atoms with Gasteiger partial charge in [-0.15, -0.1) is 0 Å². The minimum Gasteiger partial charge on any atom is -0.264 e. The van der Waals surface area contributed by atoms with Crippen LogP contribution in [0.25, 0.3) is 11.1 Å². The van der Waals surface area contributed by atoms with E-state index in [0.29, 0.717) is 5.56 Å². The second-order valence-corrected chi connectivity index (χ2v) is 3.62. The molecule has 2 nitrogen and oxygen atoms in total. The SMILES string of the molecule is Cc1cnccc1-c1ccc(C(F)(F)F)nc1. The highest BCUT2D eigenvalue weighted by Crippen LogP contribution is 2.29. The number of aromatic nitrogens is 2. The molecule has 0 spiro atoms. The lowest BCUT2D eigenvalue weighted by Crippen LogP contribution is -2.07. The number of nitrogens with zero attached hydrogens (tertiary/aromatic N) is 2. The van der Waals surface area contributed by atoms with Crippen LogP contribution in [0, 0.1) is 6.92 Å². The first-order chi connectivity index (χ1) is 7.98. The number of pyridine rings is 2. The van der Waals surface area contributed by atoms with E-state index in [1.807, 2.05) is 6.92 Å². The third-order valence-electron chi connectivity index (χ3n) is 2.39. The van der Waals surface area contributed by atoms with E-state index in [4.69, 9.17) is 0 Å². The summed E-state index contributed by atoms with van der Waals surface area (Å²) in [6.45, 7) is 1.85. The molecule has 0 aliphatic heterocycles. The van der Waals surface area contributed by atoms with E-state index in [1.165, 1.54) is 12.3 Å². The second-order valence-electron chi connectivity index (χ2n) is 3.62. The van der Waals surface area contributed by atoms with Crippen LogP contribution in [0.4, 0.5) is 13.2 Å². The Bertz CT molecular complexity index is 518. The van der Waals surface area contributed by atoms with E-state index in [2.05, 4.69) is 9.97 Å². The largest absolute Gasteiger partial charge is 0.433 e. The molecule has 2 heterocycles. The number of rotatable bonds is 1. The third kappa shape index (κ3) is 2.43. The van der Waals surface area contributed by atoms with Crippen LogP contribution in [-0.2, 0) is 6.18 Å². The summed E-state index contributed by atoms with van der Waals surface area (Å²) >= 11 is 0. The van der Waals surface area contributed by atoms with Crippen LogP contribution in [0.3, 0.4) is 0 Å². The molecule has 0 aliphatic carbocycles. The normalized spacial score (nSPS) is 11.5. The molecule has 0 fully saturated rings. The Morgan fingerprint density at radius 1 is 1.06 bits per heavy atom. The van der Waals surface area contributed by atoms with Crippen LogP contribution >= 0.6 is 0 Å². The van der Waals surface area contributed by atoms with Crippen molar-refractivity contribution < 1.29 is 13.2 Å². The first kappa shape index (κ1) is 11.6. The van der Waals surface area contributed by atoms with Gasteiger partial charge in [-0.1, -0.05) is 6.07 Å². The Kier molecular flexibility index (Phi) is 2.83. The average Bonchev–Trinajstić information content (AvgIpc) is 2.29. The van der Waals surface area contributed by atoms with Gasteiger partial charge in [-0.25, -0.2) is 0 Å². The van der Waals surface area contributed by atoms with Crippen molar-refractivity contribution in [2.24, 2.45) is 0 Å². The van der Waals surface area contributed by atoms with Gasteiger partial charge in [0.05, 0.1) is 0 Å². The van der Waals surface area contributed by atoms with Crippen LogP contribution in [0.5, 0.6) is 0 Å². The lowest BCUT2D eigenvalue weighted by atomic mass is 10.0. The molecule has 0 radical (unpaired) electrons. The third-order valence-corrected chi connectivity index (χ3v) is 2.39. The molecule has 0 aliphatic rings. The highest BCUT2D eigenvalue weighted by Gasteiger charge is 2.32. The van der Waals surface area contributed by atoms with Crippen LogP contribution in [-0.4, -0.2) is 9.97 Å². The Balaban J connectivity index is 2.40. The summed E-state index contributed by atoms with van der Waals surface area (Å²) in [5.41, 5.74) is 1.50. The Morgan fingerprint density at radius 2 is 1.82 bits per heavy atom. The fraction of sp³-hybridized carbons (Fsp3) is 0.167. The van der Waals surface area contributed by atoms with E-state index in [1.54, 1.807) is 18.5 Å². The monoisotopic (exact) mass is 238 g/mol. The smallest absolute Gasteiger partial charge is 0.264 e. The van der Waals surface area contributed by atoms with Gasteiger partial charge in [0.15, 0.2) is 0 Å². The van der Waals surface area contributed by atoms with Gasteiger partial charge in [0, 0.05) is 24.2 Å². The van der Waals surface area contributed by atoms with Gasteiger partial charge in [0.1, 0.15) is 5.69 Å². The quantitative estimate of drug-likeness (QED) is 0.760. The molecule has 0 atom stereocenters. The molecule has 2 aromatic heterocycles. The van der Waals surface area contributed by atoms with E-state index >= 15 is 0 Å². The predicted molar refractivity (Wildman–Crippen MR) is 57.2 cm³/mol. The number of hydrogen-bond acceptors (Lipinski definition) is 2. The molecule has 0 saturated heterocycles. The van der Waals surface area contributed by atoms with E-state index in [0.717, 1.165) is 17.2 Å². The van der Waals surface area contributed by atoms with Crippen molar-refractivity contribution in [1.82, 2.24) is 9.97 Å². The summed E-state index contributed by atoms with van der Waals surface area (Å²) in [6.07, 6.45) is 0.0873. The molecular formula is C12H9F3N2. The summed E-state index contributed by atoms with van der Waals surface area (Å²) in [7, 11) is 0. The minimum atomic E-state index is -4.40. The molecule has 0 saturated carbocycles. The molecule has 0 amide bonds. The van der Waals surface area contributed by atoms with Gasteiger partial charge in [0.25, 0.3) is 0 Å². The van der Waals surface area contributed by atoms with Crippen molar-refractivity contribution in [2.45, 2.75) is 13.1 Å².